The molecule has 1 fully saturated rings. The molecule has 5 heteroatoms. The average Bonchev–Trinajstić information content (AvgIpc) is 2.80. The zero-order valence-electron chi connectivity index (χ0n) is 8.50. The molecule has 1 saturated heterocycles. The van der Waals surface area contributed by atoms with Crippen molar-refractivity contribution in [3.63, 3.8) is 0 Å². The molecular weight excluding hydrogens is 216 g/mol. The van der Waals surface area contributed by atoms with Crippen LogP contribution in [0, 0.1) is 0 Å². The van der Waals surface area contributed by atoms with E-state index in [1.165, 1.54) is 6.07 Å². The third-order valence-electron chi connectivity index (χ3n) is 2.89. The van der Waals surface area contributed by atoms with Gasteiger partial charge in [-0.15, -0.1) is 8.78 Å². The summed E-state index contributed by atoms with van der Waals surface area (Å²) < 4.78 is 34.8. The average molecular weight is 227 g/mol. The van der Waals surface area contributed by atoms with E-state index in [1.54, 1.807) is 12.1 Å². The summed E-state index contributed by atoms with van der Waals surface area (Å²) in [6.45, 7) is 0.908. The summed E-state index contributed by atoms with van der Waals surface area (Å²) in [5.74, 6) is 0.295. The van der Waals surface area contributed by atoms with Gasteiger partial charge in [-0.2, -0.15) is 0 Å². The van der Waals surface area contributed by atoms with E-state index in [-0.39, 0.29) is 17.5 Å². The number of nitrogens with one attached hydrogen (secondary N) is 1. The number of benzene rings is 1. The van der Waals surface area contributed by atoms with E-state index < -0.39 is 6.29 Å². The topological polar surface area (TPSA) is 30.5 Å². The second kappa shape index (κ2) is 3.31. The van der Waals surface area contributed by atoms with E-state index in [0.29, 0.717) is 0 Å². The van der Waals surface area contributed by atoms with Gasteiger partial charge in [-0.3, -0.25) is 0 Å². The van der Waals surface area contributed by atoms with Crippen molar-refractivity contribution in [2.24, 2.45) is 0 Å². The van der Waals surface area contributed by atoms with Gasteiger partial charge in [0, 0.05) is 11.6 Å². The maximum atomic E-state index is 12.9. The SMILES string of the molecule is FC1(F)Oc2cccc([C@H]3CCCN3)c2O1. The van der Waals surface area contributed by atoms with Crippen LogP contribution < -0.4 is 14.8 Å². The lowest BCUT2D eigenvalue weighted by atomic mass is 10.0. The van der Waals surface area contributed by atoms with Crippen molar-refractivity contribution in [3.8, 4) is 11.5 Å². The third kappa shape index (κ3) is 1.51. The van der Waals surface area contributed by atoms with Gasteiger partial charge in [0.05, 0.1) is 0 Å². The van der Waals surface area contributed by atoms with E-state index in [2.05, 4.69) is 14.8 Å². The van der Waals surface area contributed by atoms with E-state index in [4.69, 9.17) is 0 Å². The van der Waals surface area contributed by atoms with Crippen molar-refractivity contribution in [3.05, 3.63) is 23.8 Å². The van der Waals surface area contributed by atoms with Crippen molar-refractivity contribution in [2.45, 2.75) is 25.2 Å². The molecular formula is C11H11F2NO2. The minimum Gasteiger partial charge on any atom is -0.395 e. The molecule has 3 rings (SSSR count). The molecule has 2 heterocycles. The second-order valence-corrected chi connectivity index (χ2v) is 3.99. The normalized spacial score (nSPS) is 26.0. The summed E-state index contributed by atoms with van der Waals surface area (Å²) in [5.41, 5.74) is 0.757. The highest BCUT2D eigenvalue weighted by atomic mass is 19.3. The van der Waals surface area contributed by atoms with Gasteiger partial charge in [0.25, 0.3) is 0 Å². The molecule has 2 aliphatic heterocycles. The maximum Gasteiger partial charge on any atom is 0.586 e. The number of fused-ring (bicyclic) bond motifs is 1. The van der Waals surface area contributed by atoms with Crippen molar-refractivity contribution >= 4 is 0 Å². The van der Waals surface area contributed by atoms with Crippen LogP contribution in [-0.4, -0.2) is 12.8 Å². The van der Waals surface area contributed by atoms with Crippen molar-refractivity contribution in [2.75, 3.05) is 6.54 Å². The number of hydrogen-bond donors (Lipinski definition) is 1. The van der Waals surface area contributed by atoms with Crippen LogP contribution in [0.1, 0.15) is 24.4 Å². The van der Waals surface area contributed by atoms with Crippen molar-refractivity contribution < 1.29 is 18.3 Å². The van der Waals surface area contributed by atoms with Gasteiger partial charge in [0.2, 0.25) is 0 Å². The van der Waals surface area contributed by atoms with Crippen LogP contribution in [0.25, 0.3) is 0 Å². The van der Waals surface area contributed by atoms with Gasteiger partial charge in [-0.25, -0.2) is 0 Å². The first kappa shape index (κ1) is 9.84. The Morgan fingerprint density at radius 2 is 2.19 bits per heavy atom. The Morgan fingerprint density at radius 1 is 1.31 bits per heavy atom. The van der Waals surface area contributed by atoms with Gasteiger partial charge < -0.3 is 14.8 Å². The number of rotatable bonds is 1. The number of para-hydroxylation sites is 1. The van der Waals surface area contributed by atoms with Crippen molar-refractivity contribution in [1.82, 2.24) is 5.32 Å². The lowest BCUT2D eigenvalue weighted by Crippen LogP contribution is -2.26. The van der Waals surface area contributed by atoms with Gasteiger partial charge in [0.1, 0.15) is 0 Å². The molecule has 2 aliphatic rings. The van der Waals surface area contributed by atoms with Crippen LogP contribution in [0.4, 0.5) is 8.78 Å². The minimum atomic E-state index is -3.53. The lowest BCUT2D eigenvalue weighted by molar-refractivity contribution is -0.287. The summed E-state index contributed by atoms with van der Waals surface area (Å²) in [6.07, 6.45) is -1.55. The van der Waals surface area contributed by atoms with Crippen LogP contribution in [0.2, 0.25) is 0 Å². The predicted molar refractivity (Wildman–Crippen MR) is 52.6 cm³/mol. The van der Waals surface area contributed by atoms with E-state index in [9.17, 15) is 8.78 Å². The lowest BCUT2D eigenvalue weighted by Gasteiger charge is -2.13. The number of hydrogen-bond acceptors (Lipinski definition) is 3. The summed E-state index contributed by atoms with van der Waals surface area (Å²) in [6, 6.07) is 5.09. The molecule has 0 aromatic heterocycles. The highest BCUT2D eigenvalue weighted by Crippen LogP contribution is 2.46. The molecule has 1 N–H and O–H groups in total. The molecule has 0 aliphatic carbocycles. The fourth-order valence-electron chi connectivity index (χ4n) is 2.21. The zero-order chi connectivity index (χ0) is 11.2. The Hall–Kier alpha value is -1.36. The Balaban J connectivity index is 1.99. The fourth-order valence-corrected chi connectivity index (χ4v) is 2.21. The highest BCUT2D eigenvalue weighted by molar-refractivity contribution is 5.50. The minimum absolute atomic E-state index is 0.0902. The van der Waals surface area contributed by atoms with Crippen LogP contribution in [-0.2, 0) is 0 Å². The molecule has 0 spiro atoms. The molecule has 16 heavy (non-hydrogen) atoms. The summed E-state index contributed by atoms with van der Waals surface area (Å²) >= 11 is 0. The Bertz CT molecular complexity index is 416. The molecule has 0 radical (unpaired) electrons. The predicted octanol–water partition coefficient (Wildman–Crippen LogP) is 2.43. The van der Waals surface area contributed by atoms with Gasteiger partial charge in [-0.05, 0) is 25.5 Å². The fraction of sp³-hybridized carbons (Fsp3) is 0.455. The van der Waals surface area contributed by atoms with E-state index in [0.717, 1.165) is 24.9 Å². The number of alkyl halides is 2. The first-order chi connectivity index (χ1) is 7.66. The summed E-state index contributed by atoms with van der Waals surface area (Å²) in [4.78, 5) is 0. The molecule has 1 aromatic carbocycles. The molecule has 0 amide bonds. The molecule has 0 unspecified atom stereocenters. The van der Waals surface area contributed by atoms with Gasteiger partial charge in [-0.1, -0.05) is 12.1 Å². The van der Waals surface area contributed by atoms with Crippen molar-refractivity contribution in [1.29, 1.82) is 0 Å². The van der Waals surface area contributed by atoms with Crippen LogP contribution in [0.5, 0.6) is 11.5 Å². The highest BCUT2D eigenvalue weighted by Gasteiger charge is 2.45. The first-order valence-electron chi connectivity index (χ1n) is 5.28. The molecule has 0 bridgehead atoms. The molecule has 1 atom stereocenters. The van der Waals surface area contributed by atoms with Gasteiger partial charge in [0.15, 0.2) is 11.5 Å². The second-order valence-electron chi connectivity index (χ2n) is 3.99. The standard InChI is InChI=1S/C11H11F2NO2/c12-11(13)15-9-5-1-3-7(10(9)16-11)8-4-2-6-14-8/h1,3,5,8,14H,2,4,6H2/t8-/m1/s1. The molecule has 3 nitrogen and oxygen atoms in total. The molecule has 1 aromatic rings. The van der Waals surface area contributed by atoms with Crippen LogP contribution in [0.15, 0.2) is 18.2 Å². The van der Waals surface area contributed by atoms with E-state index >= 15 is 0 Å². The first-order valence-corrected chi connectivity index (χ1v) is 5.28. The maximum absolute atomic E-state index is 12.9. The Labute approximate surface area is 91.4 Å². The summed E-state index contributed by atoms with van der Waals surface area (Å²) in [7, 11) is 0. The molecule has 0 saturated carbocycles. The monoisotopic (exact) mass is 227 g/mol. The molecule has 86 valence electrons. The van der Waals surface area contributed by atoms with Crippen LogP contribution in [0.3, 0.4) is 0 Å². The number of halogens is 2. The van der Waals surface area contributed by atoms with E-state index in [1.807, 2.05) is 0 Å². The number of ether oxygens (including phenoxy) is 2. The zero-order valence-corrected chi connectivity index (χ0v) is 8.50. The van der Waals surface area contributed by atoms with Crippen LogP contribution >= 0.6 is 0 Å². The third-order valence-corrected chi connectivity index (χ3v) is 2.89. The smallest absolute Gasteiger partial charge is 0.395 e. The largest absolute Gasteiger partial charge is 0.586 e. The van der Waals surface area contributed by atoms with Gasteiger partial charge >= 0.3 is 6.29 Å². The Kier molecular flexibility index (Phi) is 2.04. The quantitative estimate of drug-likeness (QED) is 0.799. The summed E-state index contributed by atoms with van der Waals surface area (Å²) in [5, 5.41) is 3.25. The Morgan fingerprint density at radius 3 is 2.94 bits per heavy atom.